The maximum absolute atomic E-state index is 12.8. The van der Waals surface area contributed by atoms with Crippen LogP contribution in [-0.4, -0.2) is 15.4 Å². The van der Waals surface area contributed by atoms with Gasteiger partial charge in [0.25, 0.3) is 5.56 Å². The van der Waals surface area contributed by atoms with Gasteiger partial charge in [0.2, 0.25) is 0 Å². The SMILES string of the molecule is Cc1ccc2nc(COC(=O)C3(c4ccccc4)CCC3)cc(=O)n2c1. The predicted octanol–water partition coefficient (Wildman–Crippen LogP) is 3.17. The van der Waals surface area contributed by atoms with E-state index in [-0.39, 0.29) is 18.1 Å². The highest BCUT2D eigenvalue weighted by atomic mass is 16.5. The minimum Gasteiger partial charge on any atom is -0.458 e. The topological polar surface area (TPSA) is 60.7 Å². The number of nitrogens with zero attached hydrogens (tertiary/aromatic N) is 2. The van der Waals surface area contributed by atoms with E-state index < -0.39 is 5.41 Å². The highest BCUT2D eigenvalue weighted by Gasteiger charge is 2.47. The number of rotatable bonds is 4. The normalized spacial score (nSPS) is 15.4. The van der Waals surface area contributed by atoms with Gasteiger partial charge in [-0.15, -0.1) is 0 Å². The summed E-state index contributed by atoms with van der Waals surface area (Å²) in [5.41, 5.74) is 2.27. The zero-order valence-corrected chi connectivity index (χ0v) is 14.6. The lowest BCUT2D eigenvalue weighted by Crippen LogP contribution is -2.43. The first-order chi connectivity index (χ1) is 12.6. The van der Waals surface area contributed by atoms with E-state index >= 15 is 0 Å². The van der Waals surface area contributed by atoms with Gasteiger partial charge in [-0.1, -0.05) is 42.8 Å². The summed E-state index contributed by atoms with van der Waals surface area (Å²) in [5.74, 6) is -0.235. The predicted molar refractivity (Wildman–Crippen MR) is 98.0 cm³/mol. The van der Waals surface area contributed by atoms with E-state index in [1.165, 1.54) is 10.5 Å². The van der Waals surface area contributed by atoms with Gasteiger partial charge in [0, 0.05) is 12.3 Å². The van der Waals surface area contributed by atoms with Crippen molar-refractivity contribution in [2.45, 2.75) is 38.2 Å². The third kappa shape index (κ3) is 2.79. The van der Waals surface area contributed by atoms with E-state index in [0.29, 0.717) is 11.3 Å². The fourth-order valence-electron chi connectivity index (χ4n) is 3.51. The van der Waals surface area contributed by atoms with Crippen molar-refractivity contribution in [2.24, 2.45) is 0 Å². The highest BCUT2D eigenvalue weighted by Crippen LogP contribution is 2.44. The van der Waals surface area contributed by atoms with Gasteiger partial charge in [-0.3, -0.25) is 14.0 Å². The Hall–Kier alpha value is -2.95. The Morgan fingerprint density at radius 3 is 2.65 bits per heavy atom. The van der Waals surface area contributed by atoms with Crippen molar-refractivity contribution in [1.82, 2.24) is 9.38 Å². The lowest BCUT2D eigenvalue weighted by molar-refractivity contribution is -0.156. The van der Waals surface area contributed by atoms with Crippen LogP contribution in [0.5, 0.6) is 0 Å². The molecule has 1 saturated carbocycles. The Morgan fingerprint density at radius 1 is 1.19 bits per heavy atom. The van der Waals surface area contributed by atoms with Crippen LogP contribution >= 0.6 is 0 Å². The van der Waals surface area contributed by atoms with Crippen LogP contribution in [0, 0.1) is 6.92 Å². The third-order valence-electron chi connectivity index (χ3n) is 5.14. The Kier molecular flexibility index (Phi) is 4.07. The summed E-state index contributed by atoms with van der Waals surface area (Å²) in [5, 5.41) is 0. The number of carbonyl (C=O) groups excluding carboxylic acids is 1. The van der Waals surface area contributed by atoms with Gasteiger partial charge in [0.1, 0.15) is 12.3 Å². The average Bonchev–Trinajstić information content (AvgIpc) is 2.61. The molecule has 2 aromatic heterocycles. The van der Waals surface area contributed by atoms with Crippen molar-refractivity contribution in [3.63, 3.8) is 0 Å². The molecule has 2 heterocycles. The molecule has 0 spiro atoms. The lowest BCUT2D eigenvalue weighted by atomic mass is 9.64. The van der Waals surface area contributed by atoms with E-state index in [9.17, 15) is 9.59 Å². The van der Waals surface area contributed by atoms with Crippen molar-refractivity contribution in [3.8, 4) is 0 Å². The van der Waals surface area contributed by atoms with Crippen LogP contribution in [0.3, 0.4) is 0 Å². The summed E-state index contributed by atoms with van der Waals surface area (Å²) in [4.78, 5) is 29.5. The summed E-state index contributed by atoms with van der Waals surface area (Å²) in [6.45, 7) is 1.93. The number of hydrogen-bond acceptors (Lipinski definition) is 4. The molecule has 1 aromatic carbocycles. The number of ether oxygens (including phenoxy) is 1. The lowest BCUT2D eigenvalue weighted by Gasteiger charge is -2.39. The molecule has 132 valence electrons. The third-order valence-corrected chi connectivity index (χ3v) is 5.14. The zero-order valence-electron chi connectivity index (χ0n) is 14.6. The standard InChI is InChI=1S/C21H20N2O3/c1-15-8-9-18-22-17(12-19(24)23(18)13-15)14-26-20(25)21(10-5-11-21)16-6-3-2-4-7-16/h2-4,6-9,12-13H,5,10-11,14H2,1H3. The fraction of sp³-hybridized carbons (Fsp3) is 0.286. The molecule has 0 bridgehead atoms. The summed E-state index contributed by atoms with van der Waals surface area (Å²) in [6.07, 6.45) is 4.35. The van der Waals surface area contributed by atoms with Crippen LogP contribution in [0.15, 0.2) is 59.5 Å². The van der Waals surface area contributed by atoms with Crippen LogP contribution in [-0.2, 0) is 21.6 Å². The smallest absolute Gasteiger partial charge is 0.316 e. The van der Waals surface area contributed by atoms with Crippen LogP contribution in [0.1, 0.15) is 36.1 Å². The van der Waals surface area contributed by atoms with Gasteiger partial charge < -0.3 is 4.74 Å². The van der Waals surface area contributed by atoms with E-state index in [2.05, 4.69) is 4.98 Å². The number of benzene rings is 1. The number of hydrogen-bond donors (Lipinski definition) is 0. The molecular formula is C21H20N2O3. The molecule has 26 heavy (non-hydrogen) atoms. The van der Waals surface area contributed by atoms with E-state index in [0.717, 1.165) is 30.4 Å². The maximum Gasteiger partial charge on any atom is 0.316 e. The second kappa shape index (κ2) is 6.41. The van der Waals surface area contributed by atoms with Crippen molar-refractivity contribution in [1.29, 1.82) is 0 Å². The Morgan fingerprint density at radius 2 is 1.96 bits per heavy atom. The van der Waals surface area contributed by atoms with Crippen LogP contribution in [0.25, 0.3) is 5.65 Å². The van der Waals surface area contributed by atoms with Crippen LogP contribution in [0.2, 0.25) is 0 Å². The first-order valence-electron chi connectivity index (χ1n) is 8.80. The van der Waals surface area contributed by atoms with Gasteiger partial charge >= 0.3 is 5.97 Å². The molecule has 0 amide bonds. The Labute approximate surface area is 151 Å². The molecule has 0 N–H and O–H groups in total. The Balaban J connectivity index is 1.55. The number of aromatic nitrogens is 2. The van der Waals surface area contributed by atoms with Crippen molar-refractivity contribution >= 4 is 11.6 Å². The molecule has 0 radical (unpaired) electrons. The molecule has 0 aliphatic heterocycles. The average molecular weight is 348 g/mol. The molecule has 0 saturated heterocycles. The Bertz CT molecular complexity index is 1020. The summed E-state index contributed by atoms with van der Waals surface area (Å²) in [7, 11) is 0. The number of aryl methyl sites for hydroxylation is 1. The molecule has 1 aliphatic rings. The van der Waals surface area contributed by atoms with Crippen LogP contribution in [0.4, 0.5) is 0 Å². The molecule has 5 heteroatoms. The molecule has 1 fully saturated rings. The first kappa shape index (κ1) is 16.5. The number of carbonyl (C=O) groups is 1. The minimum atomic E-state index is -0.551. The second-order valence-electron chi connectivity index (χ2n) is 6.90. The number of pyridine rings is 1. The summed E-state index contributed by atoms with van der Waals surface area (Å²) < 4.78 is 7.07. The molecular weight excluding hydrogens is 328 g/mol. The summed E-state index contributed by atoms with van der Waals surface area (Å²) >= 11 is 0. The van der Waals surface area contributed by atoms with Crippen LogP contribution < -0.4 is 5.56 Å². The van der Waals surface area contributed by atoms with Crippen molar-refractivity contribution in [3.05, 3.63) is 81.9 Å². The maximum atomic E-state index is 12.8. The van der Waals surface area contributed by atoms with E-state index in [1.807, 2.05) is 43.3 Å². The minimum absolute atomic E-state index is 0.00698. The monoisotopic (exact) mass is 348 g/mol. The van der Waals surface area contributed by atoms with E-state index in [4.69, 9.17) is 4.74 Å². The number of fused-ring (bicyclic) bond motifs is 1. The molecule has 3 aromatic rings. The molecule has 0 atom stereocenters. The van der Waals surface area contributed by atoms with Crippen molar-refractivity contribution < 1.29 is 9.53 Å². The van der Waals surface area contributed by atoms with Gasteiger partial charge in [-0.05, 0) is 37.0 Å². The molecule has 1 aliphatic carbocycles. The quantitative estimate of drug-likeness (QED) is 0.680. The second-order valence-corrected chi connectivity index (χ2v) is 6.90. The first-order valence-corrected chi connectivity index (χ1v) is 8.80. The van der Waals surface area contributed by atoms with E-state index in [1.54, 1.807) is 12.3 Å². The largest absolute Gasteiger partial charge is 0.458 e. The van der Waals surface area contributed by atoms with Gasteiger partial charge in [-0.25, -0.2) is 4.98 Å². The molecule has 0 unspecified atom stereocenters. The summed E-state index contributed by atoms with van der Waals surface area (Å²) in [6, 6.07) is 14.9. The zero-order chi connectivity index (χ0) is 18.1. The van der Waals surface area contributed by atoms with Gasteiger partial charge in [-0.2, -0.15) is 0 Å². The molecule has 4 rings (SSSR count). The highest BCUT2D eigenvalue weighted by molar-refractivity contribution is 5.84. The van der Waals surface area contributed by atoms with Crippen molar-refractivity contribution in [2.75, 3.05) is 0 Å². The van der Waals surface area contributed by atoms with Gasteiger partial charge in [0.15, 0.2) is 0 Å². The molecule has 5 nitrogen and oxygen atoms in total. The van der Waals surface area contributed by atoms with Gasteiger partial charge in [0.05, 0.1) is 11.1 Å². The number of esters is 1. The fourth-order valence-corrected chi connectivity index (χ4v) is 3.51.